The average Bonchev–Trinajstić information content (AvgIpc) is 2.97. The topological polar surface area (TPSA) is 71.4 Å². The van der Waals surface area contributed by atoms with E-state index in [1.807, 2.05) is 0 Å². The van der Waals surface area contributed by atoms with Gasteiger partial charge in [0.15, 0.2) is 9.84 Å². The van der Waals surface area contributed by atoms with Crippen molar-refractivity contribution in [3.05, 3.63) is 29.8 Å². The molecule has 0 unspecified atom stereocenters. The summed E-state index contributed by atoms with van der Waals surface area (Å²) in [7, 11) is -3.21. The number of carboxylic acid groups (broad SMARTS) is 1. The van der Waals surface area contributed by atoms with Crippen LogP contribution >= 0.6 is 0 Å². The second kappa shape index (κ2) is 3.31. The van der Waals surface area contributed by atoms with Gasteiger partial charge in [-0.3, -0.25) is 4.79 Å². The van der Waals surface area contributed by atoms with Crippen molar-refractivity contribution >= 4 is 15.8 Å². The van der Waals surface area contributed by atoms with Crippen LogP contribution in [0.25, 0.3) is 0 Å². The van der Waals surface area contributed by atoms with E-state index in [9.17, 15) is 13.2 Å². The van der Waals surface area contributed by atoms with E-state index in [1.165, 1.54) is 12.1 Å². The van der Waals surface area contributed by atoms with Crippen LogP contribution in [0.15, 0.2) is 29.2 Å². The van der Waals surface area contributed by atoms with Crippen LogP contribution in [0, 0.1) is 0 Å². The Morgan fingerprint density at radius 1 is 1.25 bits per heavy atom. The maximum Gasteiger partial charge on any atom is 0.314 e. The van der Waals surface area contributed by atoms with Crippen molar-refractivity contribution in [1.29, 1.82) is 0 Å². The summed E-state index contributed by atoms with van der Waals surface area (Å²) in [5, 5.41) is 9.07. The van der Waals surface area contributed by atoms with Crippen molar-refractivity contribution in [3.63, 3.8) is 0 Å². The number of rotatable bonds is 3. The SMILES string of the molecule is CS(=O)(=O)c1ccc(C2(C(=O)O)CC2)cc1. The Kier molecular flexibility index (Phi) is 2.31. The Bertz CT molecular complexity index is 524. The molecule has 5 heteroatoms. The summed E-state index contributed by atoms with van der Waals surface area (Å²) in [4.78, 5) is 11.3. The smallest absolute Gasteiger partial charge is 0.314 e. The molecule has 2 rings (SSSR count). The van der Waals surface area contributed by atoms with E-state index in [0.717, 1.165) is 6.26 Å². The van der Waals surface area contributed by atoms with E-state index in [4.69, 9.17) is 5.11 Å². The maximum atomic E-state index is 11.2. The second-order valence-corrected chi connectivity index (χ2v) is 6.20. The molecule has 1 aromatic rings. The van der Waals surface area contributed by atoms with Crippen LogP contribution in [0.5, 0.6) is 0 Å². The van der Waals surface area contributed by atoms with Gasteiger partial charge >= 0.3 is 5.97 Å². The van der Waals surface area contributed by atoms with Crippen LogP contribution in [0.3, 0.4) is 0 Å². The molecule has 0 atom stereocenters. The molecule has 0 saturated heterocycles. The van der Waals surface area contributed by atoms with Gasteiger partial charge in [0.1, 0.15) is 0 Å². The van der Waals surface area contributed by atoms with Gasteiger partial charge in [0.2, 0.25) is 0 Å². The normalized spacial score (nSPS) is 18.1. The van der Waals surface area contributed by atoms with Gasteiger partial charge in [-0.2, -0.15) is 0 Å². The highest BCUT2D eigenvalue weighted by Crippen LogP contribution is 2.48. The Balaban J connectivity index is 2.38. The third-order valence-corrected chi connectivity index (χ3v) is 4.12. The number of hydrogen-bond donors (Lipinski definition) is 1. The largest absolute Gasteiger partial charge is 0.481 e. The Morgan fingerprint density at radius 3 is 2.06 bits per heavy atom. The molecular weight excluding hydrogens is 228 g/mol. The minimum atomic E-state index is -3.21. The number of aliphatic carboxylic acids is 1. The molecule has 0 amide bonds. The summed E-state index contributed by atoms with van der Waals surface area (Å²) >= 11 is 0. The van der Waals surface area contributed by atoms with Crippen LogP contribution in [-0.4, -0.2) is 25.7 Å². The molecule has 86 valence electrons. The molecule has 0 heterocycles. The van der Waals surface area contributed by atoms with E-state index in [1.54, 1.807) is 12.1 Å². The van der Waals surface area contributed by atoms with E-state index in [2.05, 4.69) is 0 Å². The lowest BCUT2D eigenvalue weighted by molar-refractivity contribution is -0.140. The predicted octanol–water partition coefficient (Wildman–Crippen LogP) is 1.21. The molecule has 1 fully saturated rings. The quantitative estimate of drug-likeness (QED) is 0.861. The van der Waals surface area contributed by atoms with Crippen molar-refractivity contribution < 1.29 is 18.3 Å². The lowest BCUT2D eigenvalue weighted by Gasteiger charge is -2.10. The molecule has 0 spiro atoms. The Morgan fingerprint density at radius 2 is 1.75 bits per heavy atom. The fourth-order valence-electron chi connectivity index (χ4n) is 1.77. The van der Waals surface area contributed by atoms with Crippen LogP contribution in [0.2, 0.25) is 0 Å². The fraction of sp³-hybridized carbons (Fsp3) is 0.364. The predicted molar refractivity (Wildman–Crippen MR) is 58.1 cm³/mol. The zero-order chi connectivity index (χ0) is 12.0. The third kappa shape index (κ3) is 1.71. The highest BCUT2D eigenvalue weighted by Gasteiger charge is 2.51. The van der Waals surface area contributed by atoms with E-state index in [-0.39, 0.29) is 4.90 Å². The zero-order valence-corrected chi connectivity index (χ0v) is 9.62. The lowest BCUT2D eigenvalue weighted by atomic mass is 9.96. The molecule has 0 bridgehead atoms. The first-order chi connectivity index (χ1) is 7.36. The molecule has 1 aliphatic rings. The summed E-state index contributed by atoms with van der Waals surface area (Å²) in [6, 6.07) is 6.12. The summed E-state index contributed by atoms with van der Waals surface area (Å²) in [5.41, 5.74) is -0.0804. The fourth-order valence-corrected chi connectivity index (χ4v) is 2.40. The number of carboxylic acids is 1. The lowest BCUT2D eigenvalue weighted by Crippen LogP contribution is -2.19. The maximum absolute atomic E-state index is 11.2. The minimum absolute atomic E-state index is 0.220. The Labute approximate surface area is 93.8 Å². The number of carbonyl (C=O) groups is 1. The first-order valence-electron chi connectivity index (χ1n) is 4.90. The monoisotopic (exact) mass is 240 g/mol. The van der Waals surface area contributed by atoms with E-state index < -0.39 is 21.2 Å². The summed E-state index contributed by atoms with van der Waals surface area (Å²) in [5.74, 6) is -0.834. The summed E-state index contributed by atoms with van der Waals surface area (Å²) < 4.78 is 22.5. The van der Waals surface area contributed by atoms with Gasteiger partial charge in [-0.1, -0.05) is 12.1 Å². The zero-order valence-electron chi connectivity index (χ0n) is 8.80. The van der Waals surface area contributed by atoms with Crippen LogP contribution in [0.1, 0.15) is 18.4 Å². The van der Waals surface area contributed by atoms with Crippen LogP contribution < -0.4 is 0 Å². The van der Waals surface area contributed by atoms with E-state index >= 15 is 0 Å². The van der Waals surface area contributed by atoms with Gasteiger partial charge in [-0.25, -0.2) is 8.42 Å². The van der Waals surface area contributed by atoms with Gasteiger partial charge < -0.3 is 5.11 Å². The van der Waals surface area contributed by atoms with E-state index in [0.29, 0.717) is 18.4 Å². The van der Waals surface area contributed by atoms with Crippen LogP contribution in [0.4, 0.5) is 0 Å². The van der Waals surface area contributed by atoms with Crippen molar-refractivity contribution in [1.82, 2.24) is 0 Å². The number of sulfone groups is 1. The molecule has 1 saturated carbocycles. The molecule has 16 heavy (non-hydrogen) atoms. The molecular formula is C11H12O4S. The first kappa shape index (κ1) is 11.1. The number of benzene rings is 1. The average molecular weight is 240 g/mol. The van der Waals surface area contributed by atoms with Gasteiger partial charge in [-0.05, 0) is 30.5 Å². The molecule has 0 aliphatic heterocycles. The second-order valence-electron chi connectivity index (χ2n) is 4.18. The van der Waals surface area contributed by atoms with Gasteiger partial charge in [0, 0.05) is 6.26 Å². The molecule has 1 N–H and O–H groups in total. The Hall–Kier alpha value is -1.36. The highest BCUT2D eigenvalue weighted by molar-refractivity contribution is 7.90. The van der Waals surface area contributed by atoms with Crippen molar-refractivity contribution in [3.8, 4) is 0 Å². The molecule has 1 aliphatic carbocycles. The molecule has 4 nitrogen and oxygen atoms in total. The first-order valence-corrected chi connectivity index (χ1v) is 6.79. The highest BCUT2D eigenvalue weighted by atomic mass is 32.2. The molecule has 1 aromatic carbocycles. The van der Waals surface area contributed by atoms with Gasteiger partial charge in [0.05, 0.1) is 10.3 Å². The minimum Gasteiger partial charge on any atom is -0.481 e. The molecule has 0 aromatic heterocycles. The standard InChI is InChI=1S/C11H12O4S/c1-16(14,15)9-4-2-8(3-5-9)11(6-7-11)10(12)13/h2-5H,6-7H2,1H3,(H,12,13). The summed E-state index contributed by atoms with van der Waals surface area (Å²) in [6.45, 7) is 0. The summed E-state index contributed by atoms with van der Waals surface area (Å²) in [6.07, 6.45) is 2.38. The third-order valence-electron chi connectivity index (χ3n) is 2.99. The van der Waals surface area contributed by atoms with Crippen molar-refractivity contribution in [2.24, 2.45) is 0 Å². The molecule has 0 radical (unpaired) electrons. The number of hydrogen-bond acceptors (Lipinski definition) is 3. The van der Waals surface area contributed by atoms with Crippen molar-refractivity contribution in [2.75, 3.05) is 6.26 Å². The van der Waals surface area contributed by atoms with Gasteiger partial charge in [0.25, 0.3) is 0 Å². The van der Waals surface area contributed by atoms with Crippen LogP contribution in [-0.2, 0) is 20.0 Å². The van der Waals surface area contributed by atoms with Crippen molar-refractivity contribution in [2.45, 2.75) is 23.2 Å². The van der Waals surface area contributed by atoms with Gasteiger partial charge in [-0.15, -0.1) is 0 Å².